The molecule has 0 atom stereocenters. The Kier molecular flexibility index (Phi) is 13.7. The number of rotatable bonds is 5. The maximum atomic E-state index is 11.2. The fraction of sp³-hybridized carbons (Fsp3) is 0.385. The molecule has 190 valence electrons. The minimum Gasteiger partial charge on any atom is -0.442 e. The number of hydroxylamine groups is 1. The van der Waals surface area contributed by atoms with E-state index in [1.807, 2.05) is 69.3 Å². The number of aliphatic hydroxyl groups excluding tert-OH is 1. The van der Waals surface area contributed by atoms with E-state index in [4.69, 9.17) is 14.7 Å². The van der Waals surface area contributed by atoms with Gasteiger partial charge in [-0.3, -0.25) is 19.8 Å². The molecule has 3 rings (SSSR count). The van der Waals surface area contributed by atoms with Crippen molar-refractivity contribution in [1.82, 2.24) is 20.4 Å². The molecule has 0 aromatic carbocycles. The van der Waals surface area contributed by atoms with Gasteiger partial charge in [-0.1, -0.05) is 34.1 Å². The van der Waals surface area contributed by atoms with Gasteiger partial charge in [0.25, 0.3) is 0 Å². The average molecular weight is 547 g/mol. The number of ether oxygens (including phenoxy) is 1. The minimum absolute atomic E-state index is 0.0294. The minimum atomic E-state index is -0.606. The SMILES string of the molecule is Cc1cccc(CBr)n1.Cc1cccc(CO)n1.Cc1cccc(CONC(=O)OC(C)(C)C)n1. The summed E-state index contributed by atoms with van der Waals surface area (Å²) in [5, 5.41) is 9.44. The normalized spacial score (nSPS) is 10.3. The van der Waals surface area contributed by atoms with Gasteiger partial charge in [0, 0.05) is 22.4 Å². The molecule has 0 radical (unpaired) electrons. The number of hydrogen-bond donors (Lipinski definition) is 2. The number of pyridine rings is 3. The Morgan fingerprint density at radius 2 is 1.31 bits per heavy atom. The number of nitrogens with zero attached hydrogens (tertiary/aromatic N) is 3. The van der Waals surface area contributed by atoms with E-state index in [-0.39, 0.29) is 13.2 Å². The van der Waals surface area contributed by atoms with Crippen LogP contribution in [-0.2, 0) is 28.1 Å². The number of hydrogen-bond acceptors (Lipinski definition) is 7. The highest BCUT2D eigenvalue weighted by Crippen LogP contribution is 2.06. The zero-order valence-corrected chi connectivity index (χ0v) is 22.8. The summed E-state index contributed by atoms with van der Waals surface area (Å²) >= 11 is 3.33. The third-order valence-electron chi connectivity index (χ3n) is 3.91. The Morgan fingerprint density at radius 3 is 1.71 bits per heavy atom. The first-order valence-electron chi connectivity index (χ1n) is 11.1. The van der Waals surface area contributed by atoms with Crippen molar-refractivity contribution in [3.8, 4) is 0 Å². The van der Waals surface area contributed by atoms with Crippen LogP contribution in [0.15, 0.2) is 54.6 Å². The Hall–Kier alpha value is -2.88. The van der Waals surface area contributed by atoms with Crippen LogP contribution in [0, 0.1) is 20.8 Å². The summed E-state index contributed by atoms with van der Waals surface area (Å²) in [5.74, 6) is 0. The van der Waals surface area contributed by atoms with E-state index in [1.165, 1.54) is 0 Å². The van der Waals surface area contributed by atoms with Crippen molar-refractivity contribution in [2.24, 2.45) is 0 Å². The average Bonchev–Trinajstić information content (AvgIpc) is 2.79. The molecule has 9 heteroatoms. The number of carbonyl (C=O) groups excluding carboxylic acids is 1. The highest BCUT2D eigenvalue weighted by molar-refractivity contribution is 9.08. The van der Waals surface area contributed by atoms with Crippen LogP contribution in [-0.4, -0.2) is 31.8 Å². The summed E-state index contributed by atoms with van der Waals surface area (Å²) in [6.07, 6.45) is -0.606. The predicted molar refractivity (Wildman–Crippen MR) is 140 cm³/mol. The maximum Gasteiger partial charge on any atom is 0.431 e. The van der Waals surface area contributed by atoms with Gasteiger partial charge in [0.05, 0.1) is 23.7 Å². The lowest BCUT2D eigenvalue weighted by molar-refractivity contribution is -0.0145. The van der Waals surface area contributed by atoms with Crippen molar-refractivity contribution in [2.75, 3.05) is 0 Å². The molecule has 3 heterocycles. The molecule has 1 amide bonds. The number of halogens is 1. The zero-order valence-electron chi connectivity index (χ0n) is 21.2. The molecule has 0 aliphatic rings. The maximum absolute atomic E-state index is 11.2. The quantitative estimate of drug-likeness (QED) is 0.320. The molecule has 8 nitrogen and oxygen atoms in total. The number of alkyl halides is 1. The lowest BCUT2D eigenvalue weighted by atomic mass is 10.2. The van der Waals surface area contributed by atoms with E-state index in [0.29, 0.717) is 0 Å². The van der Waals surface area contributed by atoms with Crippen LogP contribution in [0.4, 0.5) is 4.79 Å². The number of carbonyl (C=O) groups is 1. The van der Waals surface area contributed by atoms with Crippen molar-refractivity contribution >= 4 is 22.0 Å². The van der Waals surface area contributed by atoms with Crippen LogP contribution < -0.4 is 5.48 Å². The van der Waals surface area contributed by atoms with E-state index in [1.54, 1.807) is 26.8 Å². The third-order valence-corrected chi connectivity index (χ3v) is 4.49. The van der Waals surface area contributed by atoms with Gasteiger partial charge in [0.1, 0.15) is 12.2 Å². The number of aliphatic hydroxyl groups is 1. The Balaban J connectivity index is 0.000000286. The zero-order chi connectivity index (χ0) is 26.3. The molecule has 2 N–H and O–H groups in total. The molecule has 3 aromatic rings. The van der Waals surface area contributed by atoms with Gasteiger partial charge >= 0.3 is 6.09 Å². The highest BCUT2D eigenvalue weighted by atomic mass is 79.9. The van der Waals surface area contributed by atoms with Gasteiger partial charge in [-0.05, 0) is 77.9 Å². The molecule has 0 fully saturated rings. The lowest BCUT2D eigenvalue weighted by Crippen LogP contribution is -2.32. The molecule has 0 saturated carbocycles. The second-order valence-corrected chi connectivity index (χ2v) is 9.06. The second kappa shape index (κ2) is 15.9. The second-order valence-electron chi connectivity index (χ2n) is 8.50. The Labute approximate surface area is 216 Å². The molecule has 0 aliphatic carbocycles. The first-order valence-corrected chi connectivity index (χ1v) is 12.2. The van der Waals surface area contributed by atoms with Gasteiger partial charge in [-0.15, -0.1) is 0 Å². The molecule has 0 spiro atoms. The Bertz CT molecular complexity index is 996. The summed E-state index contributed by atoms with van der Waals surface area (Å²) in [6.45, 7) is 11.4. The van der Waals surface area contributed by atoms with Crippen molar-refractivity contribution in [3.63, 3.8) is 0 Å². The van der Waals surface area contributed by atoms with Gasteiger partial charge in [0.2, 0.25) is 0 Å². The topological polar surface area (TPSA) is 106 Å². The summed E-state index contributed by atoms with van der Waals surface area (Å²) < 4.78 is 5.00. The smallest absolute Gasteiger partial charge is 0.431 e. The molecule has 0 bridgehead atoms. The number of aryl methyl sites for hydroxylation is 3. The largest absolute Gasteiger partial charge is 0.442 e. The van der Waals surface area contributed by atoms with Crippen molar-refractivity contribution in [1.29, 1.82) is 0 Å². The predicted octanol–water partition coefficient (Wildman–Crippen LogP) is 5.51. The molecular weight excluding hydrogens is 512 g/mol. The fourth-order valence-electron chi connectivity index (χ4n) is 2.51. The van der Waals surface area contributed by atoms with Gasteiger partial charge in [0.15, 0.2) is 0 Å². The van der Waals surface area contributed by atoms with Crippen LogP contribution in [0.5, 0.6) is 0 Å². The van der Waals surface area contributed by atoms with E-state index >= 15 is 0 Å². The monoisotopic (exact) mass is 546 g/mol. The molecule has 3 aromatic heterocycles. The lowest BCUT2D eigenvalue weighted by Gasteiger charge is -2.19. The standard InChI is InChI=1S/C12H18N2O3.C7H8BrN.C7H9NO/c1-9-6-5-7-10(13-9)8-16-14-11(15)17-12(2,3)4;1-6-3-2-4-7(5-8)9-6;1-6-3-2-4-7(5-9)8-6/h5-7H,8H2,1-4H3,(H,14,15);2-4H,5H2,1H3;2-4,9H,5H2,1H3. The fourth-order valence-corrected chi connectivity index (χ4v) is 2.82. The van der Waals surface area contributed by atoms with E-state index in [0.717, 1.165) is 39.5 Å². The van der Waals surface area contributed by atoms with Crippen LogP contribution in [0.3, 0.4) is 0 Å². The van der Waals surface area contributed by atoms with Crippen LogP contribution >= 0.6 is 15.9 Å². The summed E-state index contributed by atoms with van der Waals surface area (Å²) in [5.41, 5.74) is 7.18. The van der Waals surface area contributed by atoms with Crippen molar-refractivity contribution < 1.29 is 19.5 Å². The molecule has 0 saturated heterocycles. The Morgan fingerprint density at radius 1 is 0.857 bits per heavy atom. The number of amides is 1. The summed E-state index contributed by atoms with van der Waals surface area (Å²) in [7, 11) is 0. The van der Waals surface area contributed by atoms with Gasteiger partial charge in [-0.2, -0.15) is 5.48 Å². The van der Waals surface area contributed by atoms with Crippen molar-refractivity contribution in [2.45, 2.75) is 65.7 Å². The van der Waals surface area contributed by atoms with Crippen LogP contribution in [0.1, 0.15) is 54.9 Å². The van der Waals surface area contributed by atoms with E-state index < -0.39 is 11.7 Å². The number of nitrogens with one attached hydrogen (secondary N) is 1. The third kappa shape index (κ3) is 14.9. The first kappa shape index (κ1) is 30.2. The summed E-state index contributed by atoms with van der Waals surface area (Å²) in [6, 6.07) is 17.2. The van der Waals surface area contributed by atoms with Crippen LogP contribution in [0.2, 0.25) is 0 Å². The highest BCUT2D eigenvalue weighted by Gasteiger charge is 2.15. The molecule has 35 heavy (non-hydrogen) atoms. The number of aromatic nitrogens is 3. The first-order chi connectivity index (χ1) is 16.5. The molecular formula is C26H35BrN4O4. The molecule has 0 unspecified atom stereocenters. The van der Waals surface area contributed by atoms with Gasteiger partial charge < -0.3 is 9.84 Å². The van der Waals surface area contributed by atoms with Gasteiger partial charge in [-0.25, -0.2) is 4.79 Å². The van der Waals surface area contributed by atoms with Crippen molar-refractivity contribution in [3.05, 3.63) is 88.8 Å². The van der Waals surface area contributed by atoms with E-state index in [2.05, 4.69) is 36.4 Å². The summed E-state index contributed by atoms with van der Waals surface area (Å²) in [4.78, 5) is 28.7. The van der Waals surface area contributed by atoms with Crippen LogP contribution in [0.25, 0.3) is 0 Å². The molecule has 0 aliphatic heterocycles. The van der Waals surface area contributed by atoms with E-state index in [9.17, 15) is 4.79 Å².